The van der Waals surface area contributed by atoms with E-state index in [-0.39, 0.29) is 0 Å². The van der Waals surface area contributed by atoms with Gasteiger partial charge in [0.15, 0.2) is 0 Å². The van der Waals surface area contributed by atoms with Crippen molar-refractivity contribution in [1.82, 2.24) is 0 Å². The van der Waals surface area contributed by atoms with E-state index in [0.29, 0.717) is 12.2 Å². The lowest BCUT2D eigenvalue weighted by Crippen LogP contribution is -1.92. The van der Waals surface area contributed by atoms with Gasteiger partial charge in [0.1, 0.15) is 0 Å². The fourth-order valence-corrected chi connectivity index (χ4v) is 2.43. The van der Waals surface area contributed by atoms with E-state index in [0.717, 1.165) is 19.3 Å². The van der Waals surface area contributed by atoms with Crippen LogP contribution in [-0.4, -0.2) is 12.2 Å². The molecule has 0 aliphatic carbocycles. The van der Waals surface area contributed by atoms with Gasteiger partial charge in [0, 0.05) is 0 Å². The molecular formula is C18H32O. The van der Waals surface area contributed by atoms with Gasteiger partial charge in [0.05, 0.1) is 12.2 Å². The lowest BCUT2D eigenvalue weighted by molar-refractivity contribution is 0.358. The van der Waals surface area contributed by atoms with Crippen LogP contribution in [0.3, 0.4) is 0 Å². The topological polar surface area (TPSA) is 12.5 Å². The maximum absolute atomic E-state index is 5.70. The smallest absolute Gasteiger partial charge is 0.0876 e. The second kappa shape index (κ2) is 11.3. The maximum Gasteiger partial charge on any atom is 0.0876 e. The number of rotatable bonds is 12. The Bertz CT molecular complexity index is 254. The van der Waals surface area contributed by atoms with Gasteiger partial charge >= 0.3 is 0 Å². The summed E-state index contributed by atoms with van der Waals surface area (Å²) in [6.07, 6.45) is 23.0. The average Bonchev–Trinajstić information content (AvgIpc) is 3.16. The fraction of sp³-hybridized carbons (Fsp3) is 0.778. The molecule has 1 rings (SSSR count). The van der Waals surface area contributed by atoms with Gasteiger partial charge in [0.25, 0.3) is 0 Å². The Balaban J connectivity index is 1.87. The van der Waals surface area contributed by atoms with Crippen LogP contribution in [-0.2, 0) is 4.74 Å². The van der Waals surface area contributed by atoms with E-state index in [2.05, 4.69) is 38.2 Å². The van der Waals surface area contributed by atoms with Crippen LogP contribution in [0.4, 0.5) is 0 Å². The van der Waals surface area contributed by atoms with Gasteiger partial charge in [-0.1, -0.05) is 76.7 Å². The van der Waals surface area contributed by atoms with Crippen molar-refractivity contribution in [1.29, 1.82) is 0 Å². The van der Waals surface area contributed by atoms with Gasteiger partial charge in [-0.05, 0) is 25.7 Å². The molecule has 0 aromatic rings. The van der Waals surface area contributed by atoms with Gasteiger partial charge in [-0.15, -0.1) is 0 Å². The van der Waals surface area contributed by atoms with E-state index in [4.69, 9.17) is 4.74 Å². The van der Waals surface area contributed by atoms with Gasteiger partial charge < -0.3 is 4.74 Å². The van der Waals surface area contributed by atoms with Crippen molar-refractivity contribution in [3.63, 3.8) is 0 Å². The first-order chi connectivity index (χ1) is 9.38. The molecule has 0 amide bonds. The highest BCUT2D eigenvalue weighted by Crippen LogP contribution is 2.30. The minimum Gasteiger partial charge on any atom is -0.369 e. The molecule has 0 bridgehead atoms. The SMILES string of the molecule is CC/C=C/C/C=C/C[C@@H]1O[C@@H]1CCCCCCCC. The van der Waals surface area contributed by atoms with E-state index in [1.54, 1.807) is 0 Å². The molecule has 1 heterocycles. The summed E-state index contributed by atoms with van der Waals surface area (Å²) in [5, 5.41) is 0. The quantitative estimate of drug-likeness (QED) is 0.246. The number of hydrogen-bond acceptors (Lipinski definition) is 1. The zero-order valence-corrected chi connectivity index (χ0v) is 12.9. The molecule has 1 saturated heterocycles. The van der Waals surface area contributed by atoms with Crippen molar-refractivity contribution in [2.75, 3.05) is 0 Å². The Morgan fingerprint density at radius 2 is 1.53 bits per heavy atom. The van der Waals surface area contributed by atoms with Crippen molar-refractivity contribution in [3.05, 3.63) is 24.3 Å². The van der Waals surface area contributed by atoms with Gasteiger partial charge in [-0.25, -0.2) is 0 Å². The summed E-state index contributed by atoms with van der Waals surface area (Å²) in [7, 11) is 0. The minimum absolute atomic E-state index is 0.530. The third kappa shape index (κ3) is 9.04. The van der Waals surface area contributed by atoms with E-state index >= 15 is 0 Å². The molecule has 1 aliphatic rings. The van der Waals surface area contributed by atoms with Crippen LogP contribution in [0.15, 0.2) is 24.3 Å². The Morgan fingerprint density at radius 1 is 0.789 bits per heavy atom. The van der Waals surface area contributed by atoms with Crippen LogP contribution in [0.1, 0.15) is 78.1 Å². The van der Waals surface area contributed by atoms with Gasteiger partial charge in [0.2, 0.25) is 0 Å². The molecule has 0 aromatic carbocycles. The van der Waals surface area contributed by atoms with Crippen LogP contribution < -0.4 is 0 Å². The normalized spacial score (nSPS) is 22.6. The predicted molar refractivity (Wildman–Crippen MR) is 84.5 cm³/mol. The van der Waals surface area contributed by atoms with Crippen molar-refractivity contribution in [2.45, 2.75) is 90.3 Å². The highest BCUT2D eigenvalue weighted by atomic mass is 16.6. The Hall–Kier alpha value is -0.560. The van der Waals surface area contributed by atoms with Gasteiger partial charge in [-0.2, -0.15) is 0 Å². The first-order valence-corrected chi connectivity index (χ1v) is 8.34. The summed E-state index contributed by atoms with van der Waals surface area (Å²) in [5.41, 5.74) is 0. The van der Waals surface area contributed by atoms with Gasteiger partial charge in [-0.3, -0.25) is 0 Å². The monoisotopic (exact) mass is 264 g/mol. The second-order valence-electron chi connectivity index (χ2n) is 5.59. The Labute approximate surface area is 120 Å². The molecule has 0 N–H and O–H groups in total. The summed E-state index contributed by atoms with van der Waals surface area (Å²) in [6.45, 7) is 4.44. The molecule has 1 nitrogen and oxygen atoms in total. The van der Waals surface area contributed by atoms with Crippen LogP contribution in [0, 0.1) is 0 Å². The summed E-state index contributed by atoms with van der Waals surface area (Å²) in [6, 6.07) is 0. The molecule has 0 radical (unpaired) electrons. The number of allylic oxidation sites excluding steroid dienone is 3. The predicted octanol–water partition coefficient (Wildman–Crippen LogP) is 5.81. The zero-order valence-electron chi connectivity index (χ0n) is 12.9. The molecule has 1 fully saturated rings. The highest BCUT2D eigenvalue weighted by Gasteiger charge is 2.36. The number of epoxide rings is 1. The van der Waals surface area contributed by atoms with Crippen molar-refractivity contribution < 1.29 is 4.74 Å². The minimum atomic E-state index is 0.530. The summed E-state index contributed by atoms with van der Waals surface area (Å²) in [5.74, 6) is 0. The van der Waals surface area contributed by atoms with E-state index in [9.17, 15) is 0 Å². The first-order valence-electron chi connectivity index (χ1n) is 8.34. The van der Waals surface area contributed by atoms with Crippen LogP contribution in [0.25, 0.3) is 0 Å². The fourth-order valence-electron chi connectivity index (χ4n) is 2.43. The molecule has 1 aliphatic heterocycles. The van der Waals surface area contributed by atoms with Crippen LogP contribution >= 0.6 is 0 Å². The molecule has 1 heteroatoms. The summed E-state index contributed by atoms with van der Waals surface area (Å²) >= 11 is 0. The molecule has 0 spiro atoms. The molecule has 0 unspecified atom stereocenters. The third-order valence-electron chi connectivity index (χ3n) is 3.74. The third-order valence-corrected chi connectivity index (χ3v) is 3.74. The lowest BCUT2D eigenvalue weighted by atomic mass is 10.1. The number of unbranched alkanes of at least 4 members (excludes halogenated alkanes) is 5. The summed E-state index contributed by atoms with van der Waals surface area (Å²) < 4.78 is 5.70. The van der Waals surface area contributed by atoms with Crippen LogP contribution in [0.2, 0.25) is 0 Å². The lowest BCUT2D eigenvalue weighted by Gasteiger charge is -1.98. The highest BCUT2D eigenvalue weighted by molar-refractivity contribution is 4.97. The number of hydrogen-bond donors (Lipinski definition) is 0. The first kappa shape index (κ1) is 16.5. The molecule has 110 valence electrons. The standard InChI is InChI=1S/C18H32O/c1-3-5-7-9-11-13-15-17-18(19-17)16-14-12-10-8-6-4-2/h5,7,11,13,17-18H,3-4,6,8-10,12,14-16H2,1-2H3/b7-5+,13-11+/t17-,18+/m0/s1. The molecule has 0 saturated carbocycles. The largest absolute Gasteiger partial charge is 0.369 e. The molecule has 2 atom stereocenters. The van der Waals surface area contributed by atoms with E-state index in [1.807, 2.05) is 0 Å². The number of ether oxygens (including phenoxy) is 1. The Kier molecular flexibility index (Phi) is 9.79. The van der Waals surface area contributed by atoms with E-state index < -0.39 is 0 Å². The maximum atomic E-state index is 5.70. The molecule has 0 aromatic heterocycles. The van der Waals surface area contributed by atoms with Crippen molar-refractivity contribution in [3.8, 4) is 0 Å². The second-order valence-corrected chi connectivity index (χ2v) is 5.59. The Morgan fingerprint density at radius 3 is 2.32 bits per heavy atom. The zero-order chi connectivity index (χ0) is 13.8. The molecule has 19 heavy (non-hydrogen) atoms. The average molecular weight is 264 g/mol. The van der Waals surface area contributed by atoms with E-state index in [1.165, 1.54) is 44.9 Å². The van der Waals surface area contributed by atoms with Crippen molar-refractivity contribution in [2.24, 2.45) is 0 Å². The molecular weight excluding hydrogens is 232 g/mol. The summed E-state index contributed by atoms with van der Waals surface area (Å²) in [4.78, 5) is 0. The van der Waals surface area contributed by atoms with Crippen LogP contribution in [0.5, 0.6) is 0 Å². The van der Waals surface area contributed by atoms with Crippen molar-refractivity contribution >= 4 is 0 Å².